The molecule has 1 heterocycles. The summed E-state index contributed by atoms with van der Waals surface area (Å²) in [6.07, 6.45) is 3.35. The number of carbonyl (C=O) groups is 1. The number of anilines is 1. The van der Waals surface area contributed by atoms with Crippen molar-refractivity contribution in [2.75, 3.05) is 4.31 Å². The number of rotatable bonds is 2. The second kappa shape index (κ2) is 5.86. The van der Waals surface area contributed by atoms with Crippen LogP contribution < -0.4 is 4.31 Å². The molecule has 0 aliphatic carbocycles. The van der Waals surface area contributed by atoms with Crippen LogP contribution in [0.5, 0.6) is 0 Å². The van der Waals surface area contributed by atoms with Crippen LogP contribution in [-0.2, 0) is 14.8 Å². The van der Waals surface area contributed by atoms with E-state index in [1.807, 2.05) is 6.92 Å². The number of hydrogen-bond acceptors (Lipinski definition) is 4. The second-order valence-corrected chi connectivity index (χ2v) is 7.44. The van der Waals surface area contributed by atoms with E-state index in [0.717, 1.165) is 5.56 Å². The molecule has 1 amide bonds. The number of aryl methyl sites for hydroxylation is 1. The Morgan fingerprint density at radius 1 is 1.21 bits per heavy atom. The van der Waals surface area contributed by atoms with E-state index in [4.69, 9.17) is 22.8 Å². The van der Waals surface area contributed by atoms with Gasteiger partial charge in [0.2, 0.25) is 0 Å². The molecular formula is C17H12ClNO4S. The Labute approximate surface area is 144 Å². The average Bonchev–Trinajstić information content (AvgIpc) is 2.53. The van der Waals surface area contributed by atoms with Crippen molar-refractivity contribution in [1.29, 1.82) is 0 Å². The molecule has 5 nitrogen and oxygen atoms in total. The number of fused-ring (bicyclic) bond motifs is 1. The predicted octanol–water partition coefficient (Wildman–Crippen LogP) is 3.67. The molecule has 0 fully saturated rings. The third-order valence-electron chi connectivity index (χ3n) is 3.59. The molecule has 1 unspecified atom stereocenters. The Kier molecular flexibility index (Phi) is 3.99. The summed E-state index contributed by atoms with van der Waals surface area (Å²) < 4.78 is 31.5. The van der Waals surface area contributed by atoms with Gasteiger partial charge < -0.3 is 4.74 Å². The number of hydrogen-bond donors (Lipinski definition) is 0. The molecular weight excluding hydrogens is 350 g/mol. The normalized spacial score (nSPS) is 17.0. The summed E-state index contributed by atoms with van der Waals surface area (Å²) in [6.45, 7) is 1.83. The van der Waals surface area contributed by atoms with Gasteiger partial charge in [-0.3, -0.25) is 0 Å². The standard InChI is InChI=1S/C17H12ClNO4S/c1-3-16-14-9-6-12(18)10-15(14)19(17(20)23-16)24(21,22)13-7-4-11(2)5-8-13/h1,4-10,16H,2H3. The predicted molar refractivity (Wildman–Crippen MR) is 90.4 cm³/mol. The van der Waals surface area contributed by atoms with Gasteiger partial charge >= 0.3 is 6.09 Å². The van der Waals surface area contributed by atoms with Crippen LogP contribution in [0.2, 0.25) is 5.02 Å². The van der Waals surface area contributed by atoms with E-state index in [-0.39, 0.29) is 15.6 Å². The highest BCUT2D eigenvalue weighted by molar-refractivity contribution is 7.93. The number of amides is 1. The van der Waals surface area contributed by atoms with E-state index < -0.39 is 22.2 Å². The van der Waals surface area contributed by atoms with E-state index in [9.17, 15) is 13.2 Å². The van der Waals surface area contributed by atoms with Crippen LogP contribution >= 0.6 is 11.6 Å². The Bertz CT molecular complexity index is 961. The number of terminal acetylenes is 1. The topological polar surface area (TPSA) is 63.7 Å². The van der Waals surface area contributed by atoms with Crippen molar-refractivity contribution < 1.29 is 17.9 Å². The van der Waals surface area contributed by atoms with Gasteiger partial charge in [0, 0.05) is 10.6 Å². The van der Waals surface area contributed by atoms with Crippen molar-refractivity contribution in [3.63, 3.8) is 0 Å². The van der Waals surface area contributed by atoms with Crippen molar-refractivity contribution in [3.05, 3.63) is 58.6 Å². The van der Waals surface area contributed by atoms with E-state index in [1.54, 1.807) is 24.3 Å². The molecule has 0 aromatic heterocycles. The number of cyclic esters (lactones) is 1. The lowest BCUT2D eigenvalue weighted by Crippen LogP contribution is -2.41. The number of benzene rings is 2. The molecule has 1 atom stereocenters. The number of ether oxygens (including phenoxy) is 1. The fraction of sp³-hybridized carbons (Fsp3) is 0.118. The molecule has 24 heavy (non-hydrogen) atoms. The molecule has 0 saturated carbocycles. The molecule has 7 heteroatoms. The minimum atomic E-state index is -4.16. The highest BCUT2D eigenvalue weighted by Crippen LogP contribution is 2.39. The third kappa shape index (κ3) is 2.62. The third-order valence-corrected chi connectivity index (χ3v) is 5.52. The summed E-state index contributed by atoms with van der Waals surface area (Å²) in [4.78, 5) is 12.3. The molecule has 2 aromatic rings. The molecule has 0 N–H and O–H groups in total. The van der Waals surface area contributed by atoms with Crippen molar-refractivity contribution >= 4 is 33.4 Å². The maximum absolute atomic E-state index is 12.9. The van der Waals surface area contributed by atoms with E-state index in [0.29, 0.717) is 9.87 Å². The van der Waals surface area contributed by atoms with Crippen LogP contribution in [0.1, 0.15) is 17.2 Å². The Balaban J connectivity index is 2.20. The van der Waals surface area contributed by atoms with Gasteiger partial charge in [-0.05, 0) is 31.2 Å². The molecule has 0 spiro atoms. The first-order valence-electron chi connectivity index (χ1n) is 6.93. The van der Waals surface area contributed by atoms with Crippen LogP contribution in [0.15, 0.2) is 47.4 Å². The number of halogens is 1. The smallest absolute Gasteiger partial charge is 0.427 e. The zero-order valence-corrected chi connectivity index (χ0v) is 14.1. The molecule has 122 valence electrons. The van der Waals surface area contributed by atoms with Crippen molar-refractivity contribution in [2.45, 2.75) is 17.9 Å². The average molecular weight is 362 g/mol. The summed E-state index contributed by atoms with van der Waals surface area (Å²) in [7, 11) is -4.16. The summed E-state index contributed by atoms with van der Waals surface area (Å²) in [5.74, 6) is 2.32. The van der Waals surface area contributed by atoms with E-state index in [1.165, 1.54) is 18.2 Å². The molecule has 2 aromatic carbocycles. The van der Waals surface area contributed by atoms with E-state index in [2.05, 4.69) is 5.92 Å². The Morgan fingerprint density at radius 3 is 2.50 bits per heavy atom. The molecule has 3 rings (SSSR count). The molecule has 1 aliphatic rings. The lowest BCUT2D eigenvalue weighted by atomic mass is 10.1. The Hall–Kier alpha value is -2.49. The van der Waals surface area contributed by atoms with E-state index >= 15 is 0 Å². The number of nitrogens with zero attached hydrogens (tertiary/aromatic N) is 1. The molecule has 1 aliphatic heterocycles. The minimum absolute atomic E-state index is 0.0323. The monoisotopic (exact) mass is 361 g/mol. The zero-order chi connectivity index (χ0) is 17.5. The molecule has 0 saturated heterocycles. The van der Waals surface area contributed by atoms with Gasteiger partial charge in [-0.25, -0.2) is 13.2 Å². The van der Waals surface area contributed by atoms with Gasteiger partial charge in [-0.1, -0.05) is 41.3 Å². The van der Waals surface area contributed by atoms with Gasteiger partial charge in [0.1, 0.15) is 0 Å². The van der Waals surface area contributed by atoms with Gasteiger partial charge in [-0.2, -0.15) is 4.31 Å². The summed E-state index contributed by atoms with van der Waals surface area (Å²) in [5.41, 5.74) is 1.38. The Morgan fingerprint density at radius 2 is 1.88 bits per heavy atom. The number of carbonyl (C=O) groups excluding carboxylic acids is 1. The maximum atomic E-state index is 12.9. The fourth-order valence-corrected chi connectivity index (χ4v) is 3.91. The SMILES string of the molecule is C#CC1OC(=O)N(S(=O)(=O)c2ccc(C)cc2)c2cc(Cl)ccc21. The first-order valence-corrected chi connectivity index (χ1v) is 8.74. The van der Waals surface area contributed by atoms with Gasteiger partial charge in [-0.15, -0.1) is 6.42 Å². The first-order chi connectivity index (χ1) is 11.3. The summed E-state index contributed by atoms with van der Waals surface area (Å²) in [5, 5.41) is 0.281. The molecule has 0 radical (unpaired) electrons. The quantitative estimate of drug-likeness (QED) is 0.765. The van der Waals surface area contributed by atoms with Crippen LogP contribution in [0.25, 0.3) is 0 Å². The van der Waals surface area contributed by atoms with Gasteiger partial charge in [0.25, 0.3) is 10.0 Å². The fourth-order valence-electron chi connectivity index (χ4n) is 2.39. The van der Waals surface area contributed by atoms with Crippen molar-refractivity contribution in [3.8, 4) is 12.3 Å². The largest absolute Gasteiger partial charge is 0.430 e. The van der Waals surface area contributed by atoms with Crippen LogP contribution in [0.3, 0.4) is 0 Å². The highest BCUT2D eigenvalue weighted by Gasteiger charge is 2.40. The maximum Gasteiger partial charge on any atom is 0.430 e. The van der Waals surface area contributed by atoms with Crippen LogP contribution in [-0.4, -0.2) is 14.5 Å². The first kappa shape index (κ1) is 16.4. The van der Waals surface area contributed by atoms with Crippen molar-refractivity contribution in [2.24, 2.45) is 0 Å². The minimum Gasteiger partial charge on any atom is -0.427 e. The lowest BCUT2D eigenvalue weighted by molar-refractivity contribution is 0.130. The van der Waals surface area contributed by atoms with Crippen molar-refractivity contribution in [1.82, 2.24) is 0 Å². The van der Waals surface area contributed by atoms with Crippen LogP contribution in [0.4, 0.5) is 10.5 Å². The second-order valence-electron chi connectivity index (χ2n) is 5.22. The summed E-state index contributed by atoms with van der Waals surface area (Å²) >= 11 is 5.97. The summed E-state index contributed by atoms with van der Waals surface area (Å²) in [6, 6.07) is 10.6. The zero-order valence-electron chi connectivity index (χ0n) is 12.6. The van der Waals surface area contributed by atoms with Crippen LogP contribution in [0, 0.1) is 19.3 Å². The lowest BCUT2D eigenvalue weighted by Gasteiger charge is -2.31. The highest BCUT2D eigenvalue weighted by atomic mass is 35.5. The van der Waals surface area contributed by atoms with Gasteiger partial charge in [0.15, 0.2) is 6.10 Å². The molecule has 0 bridgehead atoms. The van der Waals surface area contributed by atoms with Gasteiger partial charge in [0.05, 0.1) is 10.6 Å². The number of sulfonamides is 1.